The maximum atomic E-state index is 12.1. The van der Waals surface area contributed by atoms with E-state index in [0.29, 0.717) is 4.96 Å². The van der Waals surface area contributed by atoms with Crippen LogP contribution in [0.3, 0.4) is 0 Å². The summed E-state index contributed by atoms with van der Waals surface area (Å²) in [5, 5.41) is 1.81. The smallest absolute Gasteiger partial charge is 0.262 e. The highest BCUT2D eigenvalue weighted by Crippen LogP contribution is 2.26. The van der Waals surface area contributed by atoms with Gasteiger partial charge >= 0.3 is 0 Å². The Labute approximate surface area is 96.5 Å². The third-order valence-corrected chi connectivity index (χ3v) is 4.68. The van der Waals surface area contributed by atoms with Crippen molar-refractivity contribution in [3.05, 3.63) is 11.6 Å². The number of rotatable bonds is 3. The van der Waals surface area contributed by atoms with Crippen molar-refractivity contribution in [3.63, 3.8) is 0 Å². The second kappa shape index (κ2) is 3.70. The number of fused-ring (bicyclic) bond motifs is 1. The molecule has 0 saturated heterocycles. The first-order chi connectivity index (χ1) is 7.48. The highest BCUT2D eigenvalue weighted by Gasteiger charge is 2.27. The summed E-state index contributed by atoms with van der Waals surface area (Å²) in [5.74, 6) is 5.42. The maximum absolute atomic E-state index is 12.1. The number of nitrogens with one attached hydrogen (secondary N) is 1. The fraction of sp³-hybridized carbons (Fsp3) is 0.286. The van der Waals surface area contributed by atoms with Gasteiger partial charge in [0.1, 0.15) is 0 Å². The van der Waals surface area contributed by atoms with Gasteiger partial charge in [0, 0.05) is 25.7 Å². The summed E-state index contributed by atoms with van der Waals surface area (Å²) in [6, 6.07) is 0. The van der Waals surface area contributed by atoms with Crippen molar-refractivity contribution in [2.75, 3.05) is 19.5 Å². The van der Waals surface area contributed by atoms with Crippen LogP contribution in [0, 0.1) is 0 Å². The van der Waals surface area contributed by atoms with Gasteiger partial charge in [-0.2, -0.15) is 4.98 Å². The molecule has 0 fully saturated rings. The maximum Gasteiger partial charge on any atom is 0.262 e. The molecule has 2 rings (SSSR count). The Hall–Kier alpha value is -1.16. The van der Waals surface area contributed by atoms with Gasteiger partial charge in [-0.15, -0.1) is 11.3 Å². The van der Waals surface area contributed by atoms with Crippen LogP contribution in [0.4, 0.5) is 5.82 Å². The van der Waals surface area contributed by atoms with E-state index < -0.39 is 10.0 Å². The molecule has 2 aromatic rings. The van der Waals surface area contributed by atoms with E-state index in [1.807, 2.05) is 0 Å². The van der Waals surface area contributed by atoms with Crippen LogP contribution >= 0.6 is 11.3 Å². The van der Waals surface area contributed by atoms with Crippen molar-refractivity contribution in [1.82, 2.24) is 13.7 Å². The highest BCUT2D eigenvalue weighted by atomic mass is 32.2. The van der Waals surface area contributed by atoms with Crippen LogP contribution in [-0.2, 0) is 10.0 Å². The van der Waals surface area contributed by atoms with E-state index in [2.05, 4.69) is 10.4 Å². The zero-order chi connectivity index (χ0) is 11.9. The van der Waals surface area contributed by atoms with Crippen molar-refractivity contribution in [2.24, 2.45) is 5.84 Å². The quantitative estimate of drug-likeness (QED) is 0.596. The molecule has 2 aromatic heterocycles. The summed E-state index contributed by atoms with van der Waals surface area (Å²) in [7, 11) is -0.655. The summed E-state index contributed by atoms with van der Waals surface area (Å²) in [4.78, 5) is 4.66. The molecule has 0 spiro atoms. The number of sulfonamides is 1. The molecule has 0 aliphatic heterocycles. The molecule has 0 aromatic carbocycles. The first-order valence-corrected chi connectivity index (χ1v) is 6.65. The zero-order valence-corrected chi connectivity index (χ0v) is 10.3. The number of nitrogens with two attached hydrogens (primary N) is 1. The lowest BCUT2D eigenvalue weighted by Gasteiger charge is -2.11. The Balaban J connectivity index is 2.79. The molecule has 0 bridgehead atoms. The van der Waals surface area contributed by atoms with E-state index in [4.69, 9.17) is 5.84 Å². The number of hydrazine groups is 1. The van der Waals surface area contributed by atoms with E-state index in [-0.39, 0.29) is 10.8 Å². The molecule has 16 heavy (non-hydrogen) atoms. The Bertz CT molecular complexity index is 612. The van der Waals surface area contributed by atoms with Gasteiger partial charge < -0.3 is 5.43 Å². The minimum atomic E-state index is -3.57. The molecule has 2 heterocycles. The Morgan fingerprint density at radius 2 is 2.25 bits per heavy atom. The highest BCUT2D eigenvalue weighted by molar-refractivity contribution is 7.89. The SMILES string of the molecule is CN(C)S(=O)(=O)c1c(NN)nc2sccn12. The molecule has 0 radical (unpaired) electrons. The van der Waals surface area contributed by atoms with Crippen LogP contribution in [0.25, 0.3) is 4.96 Å². The van der Waals surface area contributed by atoms with Gasteiger partial charge in [-0.1, -0.05) is 0 Å². The van der Waals surface area contributed by atoms with E-state index in [1.54, 1.807) is 11.6 Å². The molecule has 9 heteroatoms. The monoisotopic (exact) mass is 261 g/mol. The molecule has 0 aliphatic rings. The number of hydrogen-bond acceptors (Lipinski definition) is 6. The van der Waals surface area contributed by atoms with Gasteiger partial charge in [0.25, 0.3) is 10.0 Å². The minimum absolute atomic E-state index is 0.0521. The predicted molar refractivity (Wildman–Crippen MR) is 61.8 cm³/mol. The molecule has 3 N–H and O–H groups in total. The van der Waals surface area contributed by atoms with Crippen molar-refractivity contribution in [2.45, 2.75) is 5.03 Å². The first-order valence-electron chi connectivity index (χ1n) is 4.33. The summed E-state index contributed by atoms with van der Waals surface area (Å²) in [6.07, 6.45) is 1.64. The topological polar surface area (TPSA) is 92.7 Å². The molecular weight excluding hydrogens is 250 g/mol. The second-order valence-corrected chi connectivity index (χ2v) is 6.19. The molecule has 0 saturated carbocycles. The fourth-order valence-electron chi connectivity index (χ4n) is 1.28. The lowest BCUT2D eigenvalue weighted by molar-refractivity contribution is 0.516. The molecule has 7 nitrogen and oxygen atoms in total. The molecule has 88 valence electrons. The number of anilines is 1. The largest absolute Gasteiger partial charge is 0.306 e. The molecular formula is C7H11N5O2S2. The van der Waals surface area contributed by atoms with Crippen molar-refractivity contribution < 1.29 is 8.42 Å². The van der Waals surface area contributed by atoms with Crippen molar-refractivity contribution >= 4 is 32.1 Å². The van der Waals surface area contributed by atoms with Crippen molar-refractivity contribution in [3.8, 4) is 0 Å². The summed E-state index contributed by atoms with van der Waals surface area (Å²) < 4.78 is 26.7. The molecule has 0 atom stereocenters. The van der Waals surface area contributed by atoms with Crippen molar-refractivity contribution in [1.29, 1.82) is 0 Å². The van der Waals surface area contributed by atoms with Gasteiger partial charge in [-0.3, -0.25) is 4.40 Å². The lowest BCUT2D eigenvalue weighted by atomic mass is 10.7. The predicted octanol–water partition coefficient (Wildman–Crippen LogP) is -0.0683. The third-order valence-electron chi connectivity index (χ3n) is 2.08. The average molecular weight is 261 g/mol. The van der Waals surface area contributed by atoms with E-state index in [1.165, 1.54) is 29.8 Å². The van der Waals surface area contributed by atoms with Crippen LogP contribution < -0.4 is 11.3 Å². The summed E-state index contributed by atoms with van der Waals surface area (Å²) in [5.41, 5.74) is 2.30. The normalized spacial score (nSPS) is 12.5. The van der Waals surface area contributed by atoms with E-state index >= 15 is 0 Å². The Morgan fingerprint density at radius 3 is 2.81 bits per heavy atom. The second-order valence-electron chi connectivity index (χ2n) is 3.25. The molecule has 0 amide bonds. The lowest BCUT2D eigenvalue weighted by Crippen LogP contribution is -2.25. The van der Waals surface area contributed by atoms with Gasteiger partial charge in [0.05, 0.1) is 0 Å². The number of imidazole rings is 1. The average Bonchev–Trinajstić information content (AvgIpc) is 2.74. The molecule has 0 unspecified atom stereocenters. The van der Waals surface area contributed by atoms with E-state index in [0.717, 1.165) is 4.31 Å². The summed E-state index contributed by atoms with van der Waals surface area (Å²) >= 11 is 1.34. The van der Waals surface area contributed by atoms with Crippen LogP contribution in [-0.4, -0.2) is 36.2 Å². The van der Waals surface area contributed by atoms with E-state index in [9.17, 15) is 8.42 Å². The van der Waals surface area contributed by atoms with Gasteiger partial charge in [-0.05, 0) is 0 Å². The standard InChI is InChI=1S/C7H11N5O2S2/c1-11(2)16(13,14)6-5(10-8)9-7-12(6)3-4-15-7/h3-4,10H,8H2,1-2H3. The van der Waals surface area contributed by atoms with Gasteiger partial charge in [-0.25, -0.2) is 18.6 Å². The third kappa shape index (κ3) is 1.48. The zero-order valence-electron chi connectivity index (χ0n) is 8.71. The first kappa shape index (κ1) is 11.3. The van der Waals surface area contributed by atoms with Crippen LogP contribution in [0.1, 0.15) is 0 Å². The Morgan fingerprint density at radius 1 is 1.56 bits per heavy atom. The summed E-state index contributed by atoms with van der Waals surface area (Å²) in [6.45, 7) is 0. The number of nitrogen functional groups attached to an aromatic ring is 1. The molecule has 0 aliphatic carbocycles. The Kier molecular flexibility index (Phi) is 2.62. The number of nitrogens with zero attached hydrogens (tertiary/aromatic N) is 3. The van der Waals surface area contributed by atoms with Gasteiger partial charge in [0.2, 0.25) is 5.03 Å². The fourth-order valence-corrected chi connectivity index (χ4v) is 3.14. The number of hydrogen-bond donors (Lipinski definition) is 2. The van der Waals surface area contributed by atoms with Crippen LogP contribution in [0.5, 0.6) is 0 Å². The van der Waals surface area contributed by atoms with Gasteiger partial charge in [0.15, 0.2) is 10.8 Å². The van der Waals surface area contributed by atoms with Crippen LogP contribution in [0.15, 0.2) is 16.6 Å². The van der Waals surface area contributed by atoms with Crippen LogP contribution in [0.2, 0.25) is 0 Å². The number of thiazole rings is 1. The minimum Gasteiger partial charge on any atom is -0.306 e. The number of aromatic nitrogens is 2.